The molecule has 0 bridgehead atoms. The van der Waals surface area contributed by atoms with E-state index in [1.807, 2.05) is 6.92 Å². The number of aryl methyl sites for hydroxylation is 1. The van der Waals surface area contributed by atoms with Gasteiger partial charge in [0, 0.05) is 11.3 Å². The lowest BCUT2D eigenvalue weighted by Crippen LogP contribution is -2.38. The van der Waals surface area contributed by atoms with Crippen molar-refractivity contribution in [2.75, 3.05) is 0 Å². The fraction of sp³-hybridized carbons (Fsp3) is 0.333. The smallest absolute Gasteiger partial charge is 0.302 e. The van der Waals surface area contributed by atoms with Crippen molar-refractivity contribution < 1.29 is 22.8 Å². The Kier molecular flexibility index (Phi) is 4.99. The average molecular weight is 347 g/mol. The van der Waals surface area contributed by atoms with Crippen LogP contribution in [0.1, 0.15) is 35.2 Å². The van der Waals surface area contributed by atoms with Crippen molar-refractivity contribution in [2.24, 2.45) is 0 Å². The van der Waals surface area contributed by atoms with E-state index in [4.69, 9.17) is 11.6 Å². The topological polar surface area (TPSA) is 58.2 Å². The van der Waals surface area contributed by atoms with Crippen LogP contribution in [-0.4, -0.2) is 17.9 Å². The van der Waals surface area contributed by atoms with Gasteiger partial charge in [0.05, 0.1) is 10.6 Å². The fourth-order valence-electron chi connectivity index (χ4n) is 2.31. The standard InChI is InChI=1S/C15H14ClF3N2O2/c1-8-5-6-9(11(16)7-8)14(23)21-20-12-4-2-3-10(12)13(22)15(17,18)19/h5-7,20H,2-4H2,1H3,(H,21,23). The number of rotatable bonds is 4. The summed E-state index contributed by atoms with van der Waals surface area (Å²) in [6, 6.07) is 4.80. The first kappa shape index (κ1) is 17.3. The SMILES string of the molecule is Cc1ccc(C(=O)NNC2=C(C(=O)C(F)(F)F)CCC2)c(Cl)c1. The lowest BCUT2D eigenvalue weighted by Gasteiger charge is -2.13. The second-order valence-electron chi connectivity index (χ2n) is 5.20. The summed E-state index contributed by atoms with van der Waals surface area (Å²) in [7, 11) is 0. The number of ketones is 1. The maximum atomic E-state index is 12.5. The molecule has 1 amide bonds. The van der Waals surface area contributed by atoms with Crippen LogP contribution in [0.4, 0.5) is 13.2 Å². The van der Waals surface area contributed by atoms with Crippen molar-refractivity contribution >= 4 is 23.3 Å². The number of carbonyl (C=O) groups is 2. The van der Waals surface area contributed by atoms with E-state index < -0.39 is 17.9 Å². The number of Topliss-reactive ketones (excluding diaryl/α,β-unsaturated/α-hetero) is 1. The predicted octanol–water partition coefficient (Wildman–Crippen LogP) is 3.45. The molecule has 0 spiro atoms. The highest BCUT2D eigenvalue weighted by Crippen LogP contribution is 2.31. The van der Waals surface area contributed by atoms with Gasteiger partial charge in [0.1, 0.15) is 0 Å². The van der Waals surface area contributed by atoms with Crippen molar-refractivity contribution in [3.05, 3.63) is 45.6 Å². The zero-order chi connectivity index (χ0) is 17.2. The van der Waals surface area contributed by atoms with Crippen LogP contribution in [0.5, 0.6) is 0 Å². The molecule has 8 heteroatoms. The molecule has 2 rings (SSSR count). The van der Waals surface area contributed by atoms with Crippen molar-refractivity contribution in [1.29, 1.82) is 0 Å². The zero-order valence-corrected chi connectivity index (χ0v) is 12.9. The molecule has 0 aliphatic heterocycles. The van der Waals surface area contributed by atoms with E-state index in [1.54, 1.807) is 12.1 Å². The molecule has 1 aliphatic carbocycles. The average Bonchev–Trinajstić information content (AvgIpc) is 2.91. The third-order valence-electron chi connectivity index (χ3n) is 3.45. The lowest BCUT2D eigenvalue weighted by atomic mass is 10.1. The molecule has 1 aliphatic rings. The molecule has 23 heavy (non-hydrogen) atoms. The highest BCUT2D eigenvalue weighted by Gasteiger charge is 2.42. The number of nitrogens with one attached hydrogen (secondary N) is 2. The Bertz CT molecular complexity index is 684. The normalized spacial score (nSPS) is 14.8. The van der Waals surface area contributed by atoms with Gasteiger partial charge in [-0.3, -0.25) is 15.0 Å². The summed E-state index contributed by atoms with van der Waals surface area (Å²) in [6.45, 7) is 1.81. The third-order valence-corrected chi connectivity index (χ3v) is 3.76. The zero-order valence-electron chi connectivity index (χ0n) is 12.2. The van der Waals surface area contributed by atoms with Gasteiger partial charge in [0.2, 0.25) is 0 Å². The minimum Gasteiger partial charge on any atom is -0.302 e. The summed E-state index contributed by atoms with van der Waals surface area (Å²) in [5.41, 5.74) is 5.52. The summed E-state index contributed by atoms with van der Waals surface area (Å²) in [4.78, 5) is 23.3. The lowest BCUT2D eigenvalue weighted by molar-refractivity contribution is -0.166. The van der Waals surface area contributed by atoms with E-state index in [1.165, 1.54) is 6.07 Å². The molecule has 0 fully saturated rings. The van der Waals surface area contributed by atoms with Crippen molar-refractivity contribution in [2.45, 2.75) is 32.4 Å². The number of carbonyl (C=O) groups excluding carboxylic acids is 2. The Morgan fingerprint density at radius 3 is 2.52 bits per heavy atom. The highest BCUT2D eigenvalue weighted by atomic mass is 35.5. The van der Waals surface area contributed by atoms with Crippen molar-refractivity contribution in [1.82, 2.24) is 10.9 Å². The molecular weight excluding hydrogens is 333 g/mol. The van der Waals surface area contributed by atoms with Gasteiger partial charge in [0.25, 0.3) is 11.7 Å². The van der Waals surface area contributed by atoms with E-state index in [0.717, 1.165) is 5.56 Å². The Labute approximate surface area is 135 Å². The van der Waals surface area contributed by atoms with Crippen LogP contribution < -0.4 is 10.9 Å². The van der Waals surface area contributed by atoms with Crippen LogP contribution in [0, 0.1) is 6.92 Å². The van der Waals surface area contributed by atoms with E-state index in [0.29, 0.717) is 6.42 Å². The monoisotopic (exact) mass is 346 g/mol. The number of halogens is 4. The summed E-state index contributed by atoms with van der Waals surface area (Å²) in [5.74, 6) is -2.46. The molecule has 0 heterocycles. The quantitative estimate of drug-likeness (QED) is 0.821. The van der Waals surface area contributed by atoms with Gasteiger partial charge < -0.3 is 5.43 Å². The molecule has 0 saturated carbocycles. The minimum atomic E-state index is -4.92. The molecule has 4 nitrogen and oxygen atoms in total. The maximum Gasteiger partial charge on any atom is 0.454 e. The Balaban J connectivity index is 2.10. The largest absolute Gasteiger partial charge is 0.454 e. The third kappa shape index (κ3) is 4.04. The van der Waals surface area contributed by atoms with Crippen LogP contribution >= 0.6 is 11.6 Å². The first-order valence-electron chi connectivity index (χ1n) is 6.86. The molecule has 0 aromatic heterocycles. The molecule has 1 aromatic rings. The fourth-order valence-corrected chi connectivity index (χ4v) is 2.63. The van der Waals surface area contributed by atoms with Gasteiger partial charge in [0.15, 0.2) is 0 Å². The molecule has 2 N–H and O–H groups in total. The second-order valence-corrected chi connectivity index (χ2v) is 5.61. The van der Waals surface area contributed by atoms with Gasteiger partial charge in [-0.25, -0.2) is 0 Å². The number of allylic oxidation sites excluding steroid dienone is 2. The van der Waals surface area contributed by atoms with E-state index in [2.05, 4.69) is 10.9 Å². The van der Waals surface area contributed by atoms with Crippen molar-refractivity contribution in [3.8, 4) is 0 Å². The van der Waals surface area contributed by atoms with Gasteiger partial charge in [-0.15, -0.1) is 0 Å². The predicted molar refractivity (Wildman–Crippen MR) is 78.7 cm³/mol. The summed E-state index contributed by atoms with van der Waals surface area (Å²) < 4.78 is 37.5. The van der Waals surface area contributed by atoms with Crippen LogP contribution in [0.15, 0.2) is 29.5 Å². The molecule has 0 saturated heterocycles. The minimum absolute atomic E-state index is 0.0296. The van der Waals surface area contributed by atoms with Crippen molar-refractivity contribution in [3.63, 3.8) is 0 Å². The number of hydrogen-bond donors (Lipinski definition) is 2. The summed E-state index contributed by atoms with van der Waals surface area (Å²) in [5, 5.41) is 0.233. The number of hydrogen-bond acceptors (Lipinski definition) is 3. The summed E-state index contributed by atoms with van der Waals surface area (Å²) >= 11 is 5.96. The first-order chi connectivity index (χ1) is 10.7. The molecule has 1 aromatic carbocycles. The van der Waals surface area contributed by atoms with E-state index in [-0.39, 0.29) is 34.7 Å². The number of alkyl halides is 3. The Hall–Kier alpha value is -2.02. The number of benzene rings is 1. The van der Waals surface area contributed by atoms with Gasteiger partial charge >= 0.3 is 6.18 Å². The van der Waals surface area contributed by atoms with Crippen LogP contribution in [0.2, 0.25) is 5.02 Å². The molecule has 0 radical (unpaired) electrons. The van der Waals surface area contributed by atoms with Crippen LogP contribution in [0.25, 0.3) is 0 Å². The Morgan fingerprint density at radius 1 is 1.22 bits per heavy atom. The molecular formula is C15H14ClF3N2O2. The first-order valence-corrected chi connectivity index (χ1v) is 7.24. The van der Waals surface area contributed by atoms with Gasteiger partial charge in [-0.1, -0.05) is 17.7 Å². The van der Waals surface area contributed by atoms with Gasteiger partial charge in [-0.2, -0.15) is 13.2 Å². The number of amides is 1. The molecule has 0 atom stereocenters. The molecule has 0 unspecified atom stereocenters. The highest BCUT2D eigenvalue weighted by molar-refractivity contribution is 6.33. The number of hydrazine groups is 1. The van der Waals surface area contributed by atoms with E-state index >= 15 is 0 Å². The van der Waals surface area contributed by atoms with Gasteiger partial charge in [-0.05, 0) is 43.9 Å². The van der Waals surface area contributed by atoms with Crippen LogP contribution in [0.3, 0.4) is 0 Å². The summed E-state index contributed by atoms with van der Waals surface area (Å²) in [6.07, 6.45) is -4.21. The maximum absolute atomic E-state index is 12.5. The Morgan fingerprint density at radius 2 is 1.91 bits per heavy atom. The van der Waals surface area contributed by atoms with Crippen LogP contribution in [-0.2, 0) is 4.79 Å². The second kappa shape index (κ2) is 6.62. The molecule has 124 valence electrons. The van der Waals surface area contributed by atoms with E-state index in [9.17, 15) is 22.8 Å².